The largest absolute Gasteiger partial charge is 0.333 e. The Kier molecular flexibility index (Phi) is 3.51. The van der Waals surface area contributed by atoms with Crippen molar-refractivity contribution < 1.29 is 11.0 Å². The van der Waals surface area contributed by atoms with E-state index in [4.69, 9.17) is 1.37 Å². The lowest BCUT2D eigenvalue weighted by molar-refractivity contribution is -0.136. The number of likely N-dealkylation sites (tertiary alicyclic amines) is 1. The van der Waals surface area contributed by atoms with Crippen molar-refractivity contribution in [2.45, 2.75) is 32.2 Å². The number of hydrogen-bond donors (Lipinski definition) is 1. The van der Waals surface area contributed by atoms with E-state index in [1.165, 1.54) is 6.92 Å². The van der Waals surface area contributed by atoms with E-state index >= 15 is 0 Å². The fourth-order valence-electron chi connectivity index (χ4n) is 1.66. The monoisotopic (exact) mass is 200 g/mol. The molecule has 0 saturated carbocycles. The minimum atomic E-state index is -0.364. The number of amides is 1. The van der Waals surface area contributed by atoms with E-state index in [-0.39, 0.29) is 24.1 Å². The summed E-state index contributed by atoms with van der Waals surface area (Å²) in [5, 5.41) is 2.90. The Morgan fingerprint density at radius 2 is 2.36 bits per heavy atom. The number of carbonyl (C=O) groups is 2. The topological polar surface area (TPSA) is 49.4 Å². The maximum atomic E-state index is 11.7. The van der Waals surface area contributed by atoms with Gasteiger partial charge in [0.2, 0.25) is 5.91 Å². The molecule has 14 heavy (non-hydrogen) atoms. The van der Waals surface area contributed by atoms with Crippen molar-refractivity contribution >= 4 is 11.7 Å². The summed E-state index contributed by atoms with van der Waals surface area (Å²) in [6.07, 6.45) is 0.575. The summed E-state index contributed by atoms with van der Waals surface area (Å²) in [6, 6.07) is -0.364. The van der Waals surface area contributed by atoms with Crippen LogP contribution < -0.4 is 5.32 Å². The van der Waals surface area contributed by atoms with Crippen LogP contribution in [0.5, 0.6) is 0 Å². The molecule has 4 heteroatoms. The van der Waals surface area contributed by atoms with Crippen molar-refractivity contribution in [3.8, 4) is 0 Å². The highest BCUT2D eigenvalue weighted by molar-refractivity contribution is 5.88. The van der Waals surface area contributed by atoms with E-state index in [1.54, 1.807) is 11.9 Å². The third-order valence-electron chi connectivity index (χ3n) is 2.47. The van der Waals surface area contributed by atoms with Crippen molar-refractivity contribution in [2.24, 2.45) is 0 Å². The average Bonchev–Trinajstić information content (AvgIpc) is 2.57. The summed E-state index contributed by atoms with van der Waals surface area (Å²) in [5.74, 6) is -0.0399. The quantitative estimate of drug-likeness (QED) is 0.704. The molecule has 1 fully saturated rings. The number of carbonyl (C=O) groups excluding carboxylic acids is 2. The van der Waals surface area contributed by atoms with Crippen LogP contribution in [0, 0.1) is 0 Å². The molecule has 1 rings (SSSR count). The Balaban J connectivity index is 2.58. The lowest BCUT2D eigenvalue weighted by atomic mass is 10.1. The zero-order valence-corrected chi connectivity index (χ0v) is 8.75. The molecule has 1 saturated heterocycles. The molecule has 1 heterocycles. The molecule has 1 aliphatic heterocycles. The number of hydrogen-bond acceptors (Lipinski definition) is 3. The van der Waals surface area contributed by atoms with Crippen LogP contribution in [-0.4, -0.2) is 42.8 Å². The smallest absolute Gasteiger partial charge is 0.224 e. The van der Waals surface area contributed by atoms with Crippen LogP contribution in [0.15, 0.2) is 0 Å². The first-order valence-corrected chi connectivity index (χ1v) is 4.93. The van der Waals surface area contributed by atoms with Gasteiger partial charge < -0.3 is 10.2 Å². The van der Waals surface area contributed by atoms with Crippen LogP contribution in [0.2, 0.25) is 0 Å². The molecule has 0 aromatic rings. The first-order chi connectivity index (χ1) is 7.06. The molecule has 0 aromatic heterocycles. The molecule has 1 N–H and O–H groups in total. The normalized spacial score (nSPS) is 27.6. The number of nitrogens with zero attached hydrogens (tertiary/aromatic N) is 1. The Hall–Kier alpha value is -0.900. The van der Waals surface area contributed by atoms with Crippen LogP contribution in [0.3, 0.4) is 0 Å². The van der Waals surface area contributed by atoms with Crippen LogP contribution >= 0.6 is 0 Å². The second kappa shape index (κ2) is 5.10. The fraction of sp³-hybridized carbons (Fsp3) is 0.800. The van der Waals surface area contributed by atoms with E-state index in [2.05, 4.69) is 5.32 Å². The van der Waals surface area contributed by atoms with Crippen molar-refractivity contribution in [1.29, 1.82) is 0 Å². The Bertz CT molecular complexity index is 258. The van der Waals surface area contributed by atoms with E-state index in [0.29, 0.717) is 25.9 Å². The van der Waals surface area contributed by atoms with Gasteiger partial charge >= 0.3 is 0 Å². The van der Waals surface area contributed by atoms with E-state index in [9.17, 15) is 9.59 Å². The van der Waals surface area contributed by atoms with Crippen LogP contribution in [0.25, 0.3) is 0 Å². The molecule has 0 spiro atoms. The van der Waals surface area contributed by atoms with Gasteiger partial charge in [0.15, 0.2) is 5.78 Å². The highest BCUT2D eigenvalue weighted by Gasteiger charge is 2.30. The van der Waals surface area contributed by atoms with E-state index in [1.807, 2.05) is 0 Å². The third-order valence-corrected chi connectivity index (χ3v) is 2.47. The summed E-state index contributed by atoms with van der Waals surface area (Å²) in [6.45, 7) is 2.50. The van der Waals surface area contributed by atoms with Gasteiger partial charge in [-0.05, 0) is 26.8 Å². The van der Waals surface area contributed by atoms with Gasteiger partial charge in [0.05, 0.1) is 6.04 Å². The first-order valence-electron chi connectivity index (χ1n) is 5.50. The second-order valence-corrected chi connectivity index (χ2v) is 3.55. The summed E-state index contributed by atoms with van der Waals surface area (Å²) in [4.78, 5) is 24.6. The number of ketones is 1. The van der Waals surface area contributed by atoms with Gasteiger partial charge in [-0.2, -0.15) is 0 Å². The molecule has 0 aromatic carbocycles. The third kappa shape index (κ3) is 2.54. The predicted octanol–water partition coefficient (Wildman–Crippen LogP) is 0.176. The van der Waals surface area contributed by atoms with Gasteiger partial charge in [-0.25, -0.2) is 0 Å². The zero-order chi connectivity index (χ0) is 11.4. The number of rotatable bonds is 4. The Morgan fingerprint density at radius 1 is 1.64 bits per heavy atom. The molecule has 1 amide bonds. The van der Waals surface area contributed by atoms with E-state index < -0.39 is 0 Å². The molecule has 1 aliphatic rings. The van der Waals surface area contributed by atoms with Crippen LogP contribution in [0.1, 0.15) is 27.5 Å². The Labute approximate surface area is 86.1 Å². The predicted molar refractivity (Wildman–Crippen MR) is 54.0 cm³/mol. The molecule has 1 unspecified atom stereocenters. The average molecular weight is 200 g/mol. The van der Waals surface area contributed by atoms with Gasteiger partial charge in [0, 0.05) is 20.9 Å². The zero-order valence-electron chi connectivity index (χ0n) is 9.75. The molecule has 80 valence electrons. The van der Waals surface area contributed by atoms with Crippen molar-refractivity contribution in [2.75, 3.05) is 20.1 Å². The second-order valence-electron chi connectivity index (χ2n) is 3.55. The molecular formula is C10H18N2O2. The fourth-order valence-corrected chi connectivity index (χ4v) is 1.66. The maximum absolute atomic E-state index is 11.7. The first kappa shape index (κ1) is 9.65. The van der Waals surface area contributed by atoms with Gasteiger partial charge in [0.25, 0.3) is 0 Å². The molecule has 0 aliphatic carbocycles. The number of Topliss-reactive ketones (excluding diaryl/α,β-unsaturated/α-hetero) is 1. The lowest BCUT2D eigenvalue weighted by Crippen LogP contribution is -2.40. The van der Waals surface area contributed by atoms with Crippen molar-refractivity contribution in [3.63, 3.8) is 0 Å². The minimum absolute atomic E-state index is 0.0115. The number of nitrogens with one attached hydrogen (secondary N) is 1. The summed E-state index contributed by atoms with van der Waals surface area (Å²) >= 11 is 0. The van der Waals surface area contributed by atoms with Crippen molar-refractivity contribution in [1.82, 2.24) is 10.2 Å². The lowest BCUT2D eigenvalue weighted by Gasteiger charge is -2.22. The highest BCUT2D eigenvalue weighted by atomic mass is 16.2. The van der Waals surface area contributed by atoms with Gasteiger partial charge in [-0.1, -0.05) is 0 Å². The molecule has 4 nitrogen and oxygen atoms in total. The van der Waals surface area contributed by atoms with E-state index in [0.717, 1.165) is 0 Å². The standard InChI is InChI=1S/C10H18N2O2/c1-8(13)9-4-3-7-12(9)10(14)5-6-11-2/h9,11H,3-7H2,1-2H3/t9-/m1/s1/i3T/t3?,9-. The molecular weight excluding hydrogens is 180 g/mol. The van der Waals surface area contributed by atoms with Crippen LogP contribution in [-0.2, 0) is 9.59 Å². The summed E-state index contributed by atoms with van der Waals surface area (Å²) < 4.78 is 7.59. The SMILES string of the molecule is [3H]C1C[C@H](C(C)=O)N(C(=O)CCNC)C1. The molecule has 0 bridgehead atoms. The van der Waals surface area contributed by atoms with Crippen LogP contribution in [0.4, 0.5) is 0 Å². The summed E-state index contributed by atoms with van der Waals surface area (Å²) in [5.41, 5.74) is 0. The van der Waals surface area contributed by atoms with Crippen molar-refractivity contribution in [3.05, 3.63) is 0 Å². The Morgan fingerprint density at radius 3 is 2.93 bits per heavy atom. The molecule has 2 atom stereocenters. The minimum Gasteiger partial charge on any atom is -0.333 e. The highest BCUT2D eigenvalue weighted by Crippen LogP contribution is 2.18. The summed E-state index contributed by atoms with van der Waals surface area (Å²) in [7, 11) is 1.78. The maximum Gasteiger partial charge on any atom is 0.224 e. The van der Waals surface area contributed by atoms with Gasteiger partial charge in [0.1, 0.15) is 0 Å². The molecule has 0 radical (unpaired) electrons. The van der Waals surface area contributed by atoms with Gasteiger partial charge in [-0.15, -0.1) is 0 Å². The van der Waals surface area contributed by atoms with Gasteiger partial charge in [-0.3, -0.25) is 9.59 Å².